The first-order valence-electron chi connectivity index (χ1n) is 12.0. The normalized spacial score (nSPS) is 14.5. The number of ether oxygens (including phenoxy) is 1. The fraction of sp³-hybridized carbons (Fsp3) is 0.222. The first kappa shape index (κ1) is 22.1. The van der Waals surface area contributed by atoms with Crippen molar-refractivity contribution >= 4 is 33.4 Å². The Morgan fingerprint density at radius 3 is 2.58 bits per heavy atom. The average Bonchev–Trinajstić information content (AvgIpc) is 3.23. The molecule has 6 rings (SSSR count). The van der Waals surface area contributed by atoms with Crippen LogP contribution in [0.1, 0.15) is 5.56 Å². The number of methoxy groups -OCH3 is 1. The lowest BCUT2D eigenvalue weighted by atomic mass is 10.1. The van der Waals surface area contributed by atoms with E-state index in [1.54, 1.807) is 7.11 Å². The Labute approximate surface area is 207 Å². The number of pyridine rings is 1. The molecule has 0 aliphatic carbocycles. The number of aromatic nitrogens is 4. The molecule has 1 saturated heterocycles. The molecule has 0 amide bonds. The molecule has 0 bridgehead atoms. The maximum Gasteiger partial charge on any atom is 0.276 e. The van der Waals surface area contributed by atoms with Gasteiger partial charge in [0.05, 0.1) is 35.0 Å². The van der Waals surface area contributed by atoms with Crippen molar-refractivity contribution in [3.8, 4) is 17.1 Å². The Hall–Kier alpha value is -4.37. The summed E-state index contributed by atoms with van der Waals surface area (Å²) in [7, 11) is 1.67. The number of aromatic amines is 2. The molecule has 3 aromatic heterocycles. The van der Waals surface area contributed by atoms with Gasteiger partial charge in [0.15, 0.2) is 5.69 Å². The highest BCUT2D eigenvalue weighted by Gasteiger charge is 2.21. The summed E-state index contributed by atoms with van der Waals surface area (Å²) in [6, 6.07) is 17.5. The highest BCUT2D eigenvalue weighted by Crippen LogP contribution is 2.35. The molecule has 9 heteroatoms. The van der Waals surface area contributed by atoms with Crippen LogP contribution in [0, 0.1) is 0 Å². The smallest absolute Gasteiger partial charge is 0.276 e. The summed E-state index contributed by atoms with van der Waals surface area (Å²) in [5, 5.41) is 0.849. The standard InChI is InChI=1S/C27H27N7O2/c1-36-22-15-21-18(14-17(22)16-33-10-12-34(13-11-33)23-8-4-5-9-29-23)24(28)25(31-21)26-27(35)32-20-7-3-2-6-19(20)30-26/h2-9,14-15,31H,10-13,16,28H2,1H3,(H,32,35). The van der Waals surface area contributed by atoms with E-state index in [1.165, 1.54) is 0 Å². The lowest BCUT2D eigenvalue weighted by Gasteiger charge is -2.35. The van der Waals surface area contributed by atoms with Crippen LogP contribution in [0.5, 0.6) is 5.75 Å². The number of nitrogens with two attached hydrogens (primary N) is 1. The number of H-pyrrole nitrogens is 2. The van der Waals surface area contributed by atoms with E-state index < -0.39 is 0 Å². The second kappa shape index (κ2) is 9.01. The fourth-order valence-corrected chi connectivity index (χ4v) is 4.90. The van der Waals surface area contributed by atoms with E-state index in [1.807, 2.05) is 54.7 Å². The summed E-state index contributed by atoms with van der Waals surface area (Å²) in [6.45, 7) is 4.40. The lowest BCUT2D eigenvalue weighted by molar-refractivity contribution is 0.245. The quantitative estimate of drug-likeness (QED) is 0.352. The molecule has 0 unspecified atom stereocenters. The number of nitrogens with zero attached hydrogens (tertiary/aromatic N) is 4. The number of para-hydroxylation sites is 2. The predicted octanol–water partition coefficient (Wildman–Crippen LogP) is 3.38. The topological polar surface area (TPSA) is 116 Å². The maximum atomic E-state index is 12.8. The highest BCUT2D eigenvalue weighted by atomic mass is 16.5. The molecule has 4 N–H and O–H groups in total. The Balaban J connectivity index is 1.30. The third kappa shape index (κ3) is 3.93. The van der Waals surface area contributed by atoms with Crippen molar-refractivity contribution in [3.05, 3.63) is 76.7 Å². The molecule has 9 nitrogen and oxygen atoms in total. The van der Waals surface area contributed by atoms with Gasteiger partial charge in [-0.3, -0.25) is 9.69 Å². The number of benzene rings is 2. The third-order valence-electron chi connectivity index (χ3n) is 6.82. The molecule has 0 atom stereocenters. The van der Waals surface area contributed by atoms with E-state index in [0.29, 0.717) is 22.4 Å². The Bertz CT molecular complexity index is 1600. The van der Waals surface area contributed by atoms with E-state index in [2.05, 4.69) is 35.8 Å². The number of fused-ring (bicyclic) bond motifs is 2. The molecule has 36 heavy (non-hydrogen) atoms. The molecule has 4 heterocycles. The number of nitrogen functional groups attached to an aromatic ring is 1. The Morgan fingerprint density at radius 2 is 1.81 bits per heavy atom. The van der Waals surface area contributed by atoms with Crippen molar-refractivity contribution in [2.75, 3.05) is 43.9 Å². The van der Waals surface area contributed by atoms with Gasteiger partial charge in [-0.15, -0.1) is 0 Å². The number of hydrogen-bond acceptors (Lipinski definition) is 7. The van der Waals surface area contributed by atoms with Crippen LogP contribution in [0.25, 0.3) is 33.3 Å². The third-order valence-corrected chi connectivity index (χ3v) is 6.82. The second-order valence-electron chi connectivity index (χ2n) is 9.01. The van der Waals surface area contributed by atoms with Crippen LogP contribution in [0.2, 0.25) is 0 Å². The van der Waals surface area contributed by atoms with Gasteiger partial charge in [0.1, 0.15) is 11.6 Å². The van der Waals surface area contributed by atoms with Crippen molar-refractivity contribution in [2.45, 2.75) is 6.54 Å². The molecule has 1 fully saturated rings. The Morgan fingerprint density at radius 1 is 1.00 bits per heavy atom. The summed E-state index contributed by atoms with van der Waals surface area (Å²) < 4.78 is 5.73. The summed E-state index contributed by atoms with van der Waals surface area (Å²) in [5.41, 5.74) is 10.8. The summed E-state index contributed by atoms with van der Waals surface area (Å²) in [6.07, 6.45) is 1.83. The predicted molar refractivity (Wildman–Crippen MR) is 142 cm³/mol. The van der Waals surface area contributed by atoms with Crippen LogP contribution in [0.15, 0.2) is 65.6 Å². The van der Waals surface area contributed by atoms with Gasteiger partial charge in [-0.25, -0.2) is 9.97 Å². The summed E-state index contributed by atoms with van der Waals surface area (Å²) >= 11 is 0. The van der Waals surface area contributed by atoms with Crippen LogP contribution in [-0.4, -0.2) is 58.1 Å². The fourth-order valence-electron chi connectivity index (χ4n) is 4.90. The van der Waals surface area contributed by atoms with Crippen LogP contribution in [0.4, 0.5) is 11.5 Å². The van der Waals surface area contributed by atoms with Crippen LogP contribution in [-0.2, 0) is 6.54 Å². The van der Waals surface area contributed by atoms with E-state index in [-0.39, 0.29) is 11.3 Å². The molecule has 2 aromatic carbocycles. The monoisotopic (exact) mass is 481 g/mol. The van der Waals surface area contributed by atoms with Gasteiger partial charge >= 0.3 is 0 Å². The van der Waals surface area contributed by atoms with Gasteiger partial charge < -0.3 is 25.3 Å². The zero-order valence-corrected chi connectivity index (χ0v) is 20.0. The van der Waals surface area contributed by atoms with Gasteiger partial charge in [-0.1, -0.05) is 18.2 Å². The van der Waals surface area contributed by atoms with E-state index in [0.717, 1.165) is 60.8 Å². The first-order chi connectivity index (χ1) is 17.6. The molecule has 1 aliphatic rings. The molecule has 5 aromatic rings. The van der Waals surface area contributed by atoms with Crippen molar-refractivity contribution in [1.82, 2.24) is 24.8 Å². The van der Waals surface area contributed by atoms with Crippen molar-refractivity contribution in [2.24, 2.45) is 0 Å². The van der Waals surface area contributed by atoms with E-state index >= 15 is 0 Å². The van der Waals surface area contributed by atoms with Gasteiger partial charge in [0, 0.05) is 55.9 Å². The molecule has 0 saturated carbocycles. The van der Waals surface area contributed by atoms with Gasteiger partial charge in [-0.2, -0.15) is 0 Å². The number of anilines is 2. The number of piperazine rings is 1. The van der Waals surface area contributed by atoms with Crippen LogP contribution < -0.4 is 20.9 Å². The molecule has 0 radical (unpaired) electrons. The molecule has 182 valence electrons. The lowest BCUT2D eigenvalue weighted by Crippen LogP contribution is -2.46. The largest absolute Gasteiger partial charge is 0.496 e. The van der Waals surface area contributed by atoms with Crippen LogP contribution in [0.3, 0.4) is 0 Å². The van der Waals surface area contributed by atoms with Crippen LogP contribution >= 0.6 is 0 Å². The number of nitrogens with one attached hydrogen (secondary N) is 2. The second-order valence-corrected chi connectivity index (χ2v) is 9.01. The summed E-state index contributed by atoms with van der Waals surface area (Å²) in [5.74, 6) is 1.80. The minimum absolute atomic E-state index is 0.272. The van der Waals surface area contributed by atoms with E-state index in [9.17, 15) is 4.79 Å². The van der Waals surface area contributed by atoms with Crippen molar-refractivity contribution < 1.29 is 4.74 Å². The highest BCUT2D eigenvalue weighted by molar-refractivity contribution is 6.00. The molecule has 1 aliphatic heterocycles. The molecular weight excluding hydrogens is 454 g/mol. The zero-order valence-electron chi connectivity index (χ0n) is 20.0. The minimum atomic E-state index is -0.287. The first-order valence-corrected chi connectivity index (χ1v) is 12.0. The van der Waals surface area contributed by atoms with Gasteiger partial charge in [0.25, 0.3) is 5.56 Å². The van der Waals surface area contributed by atoms with Gasteiger partial charge in [-0.05, 0) is 30.3 Å². The average molecular weight is 482 g/mol. The number of rotatable bonds is 5. The van der Waals surface area contributed by atoms with Crippen molar-refractivity contribution in [3.63, 3.8) is 0 Å². The van der Waals surface area contributed by atoms with Gasteiger partial charge in [0.2, 0.25) is 0 Å². The number of hydrogen-bond donors (Lipinski definition) is 3. The summed E-state index contributed by atoms with van der Waals surface area (Å²) in [4.78, 5) is 32.8. The maximum absolute atomic E-state index is 12.8. The zero-order chi connectivity index (χ0) is 24.6. The van der Waals surface area contributed by atoms with E-state index in [4.69, 9.17) is 10.5 Å². The minimum Gasteiger partial charge on any atom is -0.496 e. The van der Waals surface area contributed by atoms with Crippen molar-refractivity contribution in [1.29, 1.82) is 0 Å². The molecular formula is C27H27N7O2. The SMILES string of the molecule is COc1cc2[nH]c(-c3nc4ccccc4[nH]c3=O)c(N)c2cc1CN1CCN(c2ccccn2)CC1. The Kier molecular flexibility index (Phi) is 5.54. The molecule has 0 spiro atoms.